The van der Waals surface area contributed by atoms with E-state index in [0.29, 0.717) is 11.3 Å². The summed E-state index contributed by atoms with van der Waals surface area (Å²) in [5.41, 5.74) is 0.427. The molecule has 92 valence electrons. The van der Waals surface area contributed by atoms with Gasteiger partial charge in [-0.15, -0.1) is 0 Å². The summed E-state index contributed by atoms with van der Waals surface area (Å²) in [6, 6.07) is 6.49. The van der Waals surface area contributed by atoms with Crippen LogP contribution in [0.25, 0.3) is 0 Å². The summed E-state index contributed by atoms with van der Waals surface area (Å²) >= 11 is 0.720. The molecule has 1 aliphatic heterocycles. The van der Waals surface area contributed by atoms with E-state index in [4.69, 9.17) is 4.74 Å². The van der Waals surface area contributed by atoms with Crippen molar-refractivity contribution in [1.82, 2.24) is 5.32 Å². The highest BCUT2D eigenvalue weighted by atomic mass is 32.2. The molecule has 1 fully saturated rings. The van der Waals surface area contributed by atoms with Gasteiger partial charge in [-0.25, -0.2) is 0 Å². The highest BCUT2D eigenvalue weighted by Crippen LogP contribution is 2.23. The lowest BCUT2D eigenvalue weighted by Gasteiger charge is -2.00. The largest absolute Gasteiger partial charge is 0.497 e. The second-order valence-corrected chi connectivity index (χ2v) is 4.46. The van der Waals surface area contributed by atoms with Crippen molar-refractivity contribution in [3.63, 3.8) is 0 Å². The maximum absolute atomic E-state index is 11.8. The lowest BCUT2D eigenvalue weighted by Crippen LogP contribution is -2.18. The minimum Gasteiger partial charge on any atom is -0.497 e. The standard InChI is InChI=1S/C12H9NO4S/c1-17-8-4-2-7(3-5-8)9(14)6-10-11(15)13-12(16)18-10/h2-6H,1H3,(H,13,15,16)/b10-6-. The third kappa shape index (κ3) is 2.60. The first-order valence-electron chi connectivity index (χ1n) is 5.03. The monoisotopic (exact) mass is 263 g/mol. The molecule has 2 amide bonds. The highest BCUT2D eigenvalue weighted by Gasteiger charge is 2.26. The second kappa shape index (κ2) is 5.05. The zero-order chi connectivity index (χ0) is 13.1. The van der Waals surface area contributed by atoms with E-state index in [1.807, 2.05) is 0 Å². The molecule has 2 rings (SSSR count). The maximum atomic E-state index is 11.8. The van der Waals surface area contributed by atoms with Crippen LogP contribution in [0.2, 0.25) is 0 Å². The molecule has 0 spiro atoms. The molecule has 6 heteroatoms. The first-order chi connectivity index (χ1) is 8.60. The summed E-state index contributed by atoms with van der Waals surface area (Å²) in [7, 11) is 1.53. The molecule has 0 aliphatic carbocycles. The number of thioether (sulfide) groups is 1. The van der Waals surface area contributed by atoms with E-state index in [1.165, 1.54) is 7.11 Å². The summed E-state index contributed by atoms with van der Waals surface area (Å²) in [4.78, 5) is 34.1. The van der Waals surface area contributed by atoms with Gasteiger partial charge in [0.1, 0.15) is 5.75 Å². The third-order valence-electron chi connectivity index (χ3n) is 2.28. The van der Waals surface area contributed by atoms with E-state index in [2.05, 4.69) is 5.32 Å². The Labute approximate surface area is 107 Å². The number of carbonyl (C=O) groups excluding carboxylic acids is 3. The van der Waals surface area contributed by atoms with Gasteiger partial charge in [0.25, 0.3) is 11.1 Å². The Morgan fingerprint density at radius 2 is 1.94 bits per heavy atom. The number of ketones is 1. The van der Waals surface area contributed by atoms with Gasteiger partial charge in [0.15, 0.2) is 5.78 Å². The predicted molar refractivity (Wildman–Crippen MR) is 66.5 cm³/mol. The van der Waals surface area contributed by atoms with Crippen LogP contribution in [0.4, 0.5) is 4.79 Å². The molecule has 1 heterocycles. The van der Waals surface area contributed by atoms with E-state index < -0.39 is 11.1 Å². The number of nitrogens with one attached hydrogen (secondary N) is 1. The van der Waals surface area contributed by atoms with Crippen LogP contribution in [0.5, 0.6) is 5.75 Å². The van der Waals surface area contributed by atoms with Crippen LogP contribution in [0, 0.1) is 0 Å². The van der Waals surface area contributed by atoms with E-state index in [1.54, 1.807) is 24.3 Å². The van der Waals surface area contributed by atoms with Gasteiger partial charge in [0.2, 0.25) is 0 Å². The Hall–Kier alpha value is -2.08. The number of amides is 2. The van der Waals surface area contributed by atoms with Gasteiger partial charge >= 0.3 is 0 Å². The molecular weight excluding hydrogens is 254 g/mol. The molecule has 18 heavy (non-hydrogen) atoms. The van der Waals surface area contributed by atoms with Crippen LogP contribution in [-0.4, -0.2) is 24.0 Å². The molecule has 0 bridgehead atoms. The molecule has 0 radical (unpaired) electrons. The molecule has 0 saturated carbocycles. The number of ether oxygens (including phenoxy) is 1. The number of allylic oxidation sites excluding steroid dienone is 1. The second-order valence-electron chi connectivity index (χ2n) is 3.44. The zero-order valence-corrected chi connectivity index (χ0v) is 10.2. The summed E-state index contributed by atoms with van der Waals surface area (Å²) in [5, 5.41) is 1.62. The topological polar surface area (TPSA) is 72.5 Å². The minimum atomic E-state index is -0.535. The van der Waals surface area contributed by atoms with Crippen LogP contribution in [-0.2, 0) is 4.79 Å². The van der Waals surface area contributed by atoms with Crippen molar-refractivity contribution in [2.24, 2.45) is 0 Å². The van der Waals surface area contributed by atoms with Crippen LogP contribution < -0.4 is 10.1 Å². The first kappa shape index (κ1) is 12.4. The Kier molecular flexibility index (Phi) is 3.47. The van der Waals surface area contributed by atoms with E-state index in [0.717, 1.165) is 17.8 Å². The van der Waals surface area contributed by atoms with Crippen molar-refractivity contribution in [3.05, 3.63) is 40.8 Å². The molecule has 0 aromatic heterocycles. The fourth-order valence-corrected chi connectivity index (χ4v) is 2.03. The third-order valence-corrected chi connectivity index (χ3v) is 3.09. The van der Waals surface area contributed by atoms with Crippen LogP contribution in [0.1, 0.15) is 10.4 Å². The summed E-state index contributed by atoms with van der Waals surface area (Å²) < 4.78 is 4.97. The number of benzene rings is 1. The molecule has 1 N–H and O–H groups in total. The molecular formula is C12H9NO4S. The fourth-order valence-electron chi connectivity index (χ4n) is 1.38. The van der Waals surface area contributed by atoms with Crippen molar-refractivity contribution in [2.75, 3.05) is 7.11 Å². The van der Waals surface area contributed by atoms with Crippen LogP contribution in [0.3, 0.4) is 0 Å². The van der Waals surface area contributed by atoms with Gasteiger partial charge in [-0.05, 0) is 36.0 Å². The average Bonchev–Trinajstić information content (AvgIpc) is 2.68. The summed E-state index contributed by atoms with van der Waals surface area (Å²) in [5.74, 6) is -0.223. The number of hydrogen-bond donors (Lipinski definition) is 1. The summed E-state index contributed by atoms with van der Waals surface area (Å²) in [6.45, 7) is 0. The van der Waals surface area contributed by atoms with E-state index in [-0.39, 0.29) is 10.7 Å². The van der Waals surface area contributed by atoms with Gasteiger partial charge in [-0.1, -0.05) is 0 Å². The Morgan fingerprint density at radius 3 is 2.44 bits per heavy atom. The van der Waals surface area contributed by atoms with Crippen molar-refractivity contribution < 1.29 is 19.1 Å². The molecule has 1 saturated heterocycles. The van der Waals surface area contributed by atoms with Crippen molar-refractivity contribution in [1.29, 1.82) is 0 Å². The number of carbonyl (C=O) groups is 3. The van der Waals surface area contributed by atoms with Crippen LogP contribution >= 0.6 is 11.8 Å². The number of rotatable bonds is 3. The van der Waals surface area contributed by atoms with Crippen molar-refractivity contribution >= 4 is 28.7 Å². The first-order valence-corrected chi connectivity index (χ1v) is 5.85. The fraction of sp³-hybridized carbons (Fsp3) is 0.0833. The number of methoxy groups -OCH3 is 1. The smallest absolute Gasteiger partial charge is 0.290 e. The Balaban J connectivity index is 2.19. The van der Waals surface area contributed by atoms with E-state index >= 15 is 0 Å². The normalized spacial score (nSPS) is 16.8. The summed E-state index contributed by atoms with van der Waals surface area (Å²) in [6.07, 6.45) is 1.16. The van der Waals surface area contributed by atoms with Crippen molar-refractivity contribution in [2.45, 2.75) is 0 Å². The lowest BCUT2D eigenvalue weighted by atomic mass is 10.1. The van der Waals surface area contributed by atoms with Gasteiger partial charge in [-0.2, -0.15) is 0 Å². The van der Waals surface area contributed by atoms with Crippen LogP contribution in [0.15, 0.2) is 35.2 Å². The molecule has 0 unspecified atom stereocenters. The molecule has 1 aromatic carbocycles. The quantitative estimate of drug-likeness (QED) is 0.664. The molecule has 1 aliphatic rings. The predicted octanol–water partition coefficient (Wildman–Crippen LogP) is 1.74. The number of imide groups is 1. The van der Waals surface area contributed by atoms with Gasteiger partial charge < -0.3 is 4.74 Å². The SMILES string of the molecule is COc1ccc(C(=O)/C=C2\SC(=O)NC2=O)cc1. The zero-order valence-electron chi connectivity index (χ0n) is 9.43. The minimum absolute atomic E-state index is 0.112. The van der Waals surface area contributed by atoms with Gasteiger partial charge in [0.05, 0.1) is 12.0 Å². The number of hydrogen-bond acceptors (Lipinski definition) is 5. The Morgan fingerprint density at radius 1 is 1.28 bits per heavy atom. The van der Waals surface area contributed by atoms with E-state index in [9.17, 15) is 14.4 Å². The molecule has 5 nitrogen and oxygen atoms in total. The lowest BCUT2D eigenvalue weighted by molar-refractivity contribution is -0.115. The Bertz CT molecular complexity index is 548. The van der Waals surface area contributed by atoms with Gasteiger partial charge in [-0.3, -0.25) is 19.7 Å². The highest BCUT2D eigenvalue weighted by molar-refractivity contribution is 8.18. The average molecular weight is 263 g/mol. The molecule has 1 aromatic rings. The maximum Gasteiger partial charge on any atom is 0.290 e. The molecule has 0 atom stereocenters. The van der Waals surface area contributed by atoms with Gasteiger partial charge in [0, 0.05) is 11.6 Å². The van der Waals surface area contributed by atoms with Crippen molar-refractivity contribution in [3.8, 4) is 5.75 Å².